The second-order valence-electron chi connectivity index (χ2n) is 6.76. The molecule has 7 heteroatoms. The van der Waals surface area contributed by atoms with Gasteiger partial charge in [0, 0.05) is 39.1 Å². The molecule has 1 aromatic carbocycles. The van der Waals surface area contributed by atoms with E-state index < -0.39 is 5.97 Å². The van der Waals surface area contributed by atoms with E-state index in [1.54, 1.807) is 12.1 Å². The van der Waals surface area contributed by atoms with E-state index in [1.807, 2.05) is 4.90 Å². The molecule has 4 rings (SSSR count). The molecule has 6 nitrogen and oxygen atoms in total. The maximum Gasteiger partial charge on any atom is 0.348 e. The minimum absolute atomic E-state index is 0.00974. The van der Waals surface area contributed by atoms with Gasteiger partial charge in [0.1, 0.15) is 10.6 Å². The van der Waals surface area contributed by atoms with Gasteiger partial charge in [0.25, 0.3) is 5.91 Å². The van der Waals surface area contributed by atoms with E-state index in [1.165, 1.54) is 29.6 Å². The first-order valence-corrected chi connectivity index (χ1v) is 9.90. The van der Waals surface area contributed by atoms with Gasteiger partial charge in [0.05, 0.1) is 18.6 Å². The molecule has 2 aliphatic heterocycles. The highest BCUT2D eigenvalue weighted by Gasteiger charge is 2.24. The summed E-state index contributed by atoms with van der Waals surface area (Å²) in [6.45, 7) is 4.74. The molecular formula is C20H22N2O4S. The van der Waals surface area contributed by atoms with Crippen LogP contribution in [0.1, 0.15) is 30.5 Å². The van der Waals surface area contributed by atoms with E-state index in [0.29, 0.717) is 22.8 Å². The van der Waals surface area contributed by atoms with Gasteiger partial charge in [-0.3, -0.25) is 9.69 Å². The monoisotopic (exact) mass is 386 g/mol. The Kier molecular flexibility index (Phi) is 5.13. The van der Waals surface area contributed by atoms with Crippen LogP contribution in [0.4, 0.5) is 0 Å². The lowest BCUT2D eigenvalue weighted by atomic mass is 10.1. The maximum atomic E-state index is 12.7. The second kappa shape index (κ2) is 7.70. The van der Waals surface area contributed by atoms with Crippen LogP contribution in [-0.4, -0.2) is 61.6 Å². The maximum absolute atomic E-state index is 12.7. The Labute approximate surface area is 162 Å². The Balaban J connectivity index is 1.32. The number of carbonyl (C=O) groups excluding carboxylic acids is 2. The minimum atomic E-state index is -0.399. The number of thiophene rings is 1. The van der Waals surface area contributed by atoms with Crippen LogP contribution in [0.2, 0.25) is 0 Å². The third kappa shape index (κ3) is 3.84. The number of amides is 1. The molecule has 2 aliphatic rings. The van der Waals surface area contributed by atoms with E-state index >= 15 is 0 Å². The number of benzene rings is 1. The van der Waals surface area contributed by atoms with Gasteiger partial charge in [-0.05, 0) is 29.3 Å². The molecule has 0 bridgehead atoms. The van der Waals surface area contributed by atoms with Crippen LogP contribution in [0.25, 0.3) is 0 Å². The summed E-state index contributed by atoms with van der Waals surface area (Å²) < 4.78 is 10.3. The second-order valence-corrected chi connectivity index (χ2v) is 7.85. The Morgan fingerprint density at radius 1 is 1.11 bits per heavy atom. The van der Waals surface area contributed by atoms with Crippen LogP contribution in [-0.2, 0) is 17.7 Å². The molecule has 1 saturated heterocycles. The van der Waals surface area contributed by atoms with Crippen molar-refractivity contribution in [1.29, 1.82) is 0 Å². The number of hydrogen-bond acceptors (Lipinski definition) is 6. The lowest BCUT2D eigenvalue weighted by Gasteiger charge is -2.34. The van der Waals surface area contributed by atoms with Crippen LogP contribution in [0, 0.1) is 0 Å². The van der Waals surface area contributed by atoms with Crippen molar-refractivity contribution in [1.82, 2.24) is 9.80 Å². The van der Waals surface area contributed by atoms with Crippen molar-refractivity contribution in [2.24, 2.45) is 0 Å². The van der Waals surface area contributed by atoms with Crippen molar-refractivity contribution in [3.05, 3.63) is 51.2 Å². The van der Waals surface area contributed by atoms with Crippen molar-refractivity contribution in [2.45, 2.75) is 13.0 Å². The van der Waals surface area contributed by atoms with Crippen molar-refractivity contribution in [3.63, 3.8) is 0 Å². The van der Waals surface area contributed by atoms with Gasteiger partial charge < -0.3 is 14.4 Å². The normalized spacial score (nSPS) is 16.7. The van der Waals surface area contributed by atoms with E-state index in [-0.39, 0.29) is 5.91 Å². The van der Waals surface area contributed by atoms with Gasteiger partial charge in [-0.1, -0.05) is 12.1 Å². The minimum Gasteiger partial charge on any atom is -0.493 e. The highest BCUT2D eigenvalue weighted by atomic mass is 32.1. The highest BCUT2D eigenvalue weighted by Crippen LogP contribution is 2.26. The summed E-state index contributed by atoms with van der Waals surface area (Å²) in [4.78, 5) is 29.5. The molecule has 0 saturated carbocycles. The molecule has 0 atom stereocenters. The fourth-order valence-corrected chi connectivity index (χ4v) is 4.42. The molecule has 3 heterocycles. The highest BCUT2D eigenvalue weighted by molar-refractivity contribution is 7.15. The van der Waals surface area contributed by atoms with Crippen LogP contribution in [0.3, 0.4) is 0 Å². The quantitative estimate of drug-likeness (QED) is 0.756. The van der Waals surface area contributed by atoms with Gasteiger partial charge in [-0.25, -0.2) is 4.79 Å². The third-order valence-electron chi connectivity index (χ3n) is 5.02. The number of piperazine rings is 1. The Bertz CT molecular complexity index is 855. The molecule has 0 radical (unpaired) electrons. The molecule has 2 aromatic rings. The number of fused-ring (bicyclic) bond motifs is 1. The van der Waals surface area contributed by atoms with E-state index in [4.69, 9.17) is 9.47 Å². The predicted octanol–water partition coefficient (Wildman–Crippen LogP) is 2.43. The zero-order chi connectivity index (χ0) is 18.8. The van der Waals surface area contributed by atoms with E-state index in [2.05, 4.69) is 23.1 Å². The first-order valence-electron chi connectivity index (χ1n) is 9.08. The molecule has 0 aliphatic carbocycles. The van der Waals surface area contributed by atoms with Crippen molar-refractivity contribution >= 4 is 23.2 Å². The number of esters is 1. The molecular weight excluding hydrogens is 364 g/mol. The molecule has 27 heavy (non-hydrogen) atoms. The summed E-state index contributed by atoms with van der Waals surface area (Å²) in [7, 11) is 1.34. The third-order valence-corrected chi connectivity index (χ3v) is 6.08. The lowest BCUT2D eigenvalue weighted by Crippen LogP contribution is -2.48. The number of nitrogens with zero attached hydrogens (tertiary/aromatic N) is 2. The van der Waals surface area contributed by atoms with Gasteiger partial charge in [-0.15, -0.1) is 11.3 Å². The largest absolute Gasteiger partial charge is 0.493 e. The van der Waals surface area contributed by atoms with E-state index in [9.17, 15) is 9.59 Å². The number of rotatable bonds is 4. The summed E-state index contributed by atoms with van der Waals surface area (Å²) in [6, 6.07) is 9.78. The lowest BCUT2D eigenvalue weighted by molar-refractivity contribution is 0.0605. The molecule has 1 amide bonds. The Morgan fingerprint density at radius 2 is 1.89 bits per heavy atom. The summed E-state index contributed by atoms with van der Waals surface area (Å²) >= 11 is 1.19. The number of methoxy groups -OCH3 is 1. The number of carbonyl (C=O) groups is 2. The van der Waals surface area contributed by atoms with Crippen molar-refractivity contribution in [3.8, 4) is 5.75 Å². The molecule has 0 unspecified atom stereocenters. The molecule has 0 spiro atoms. The van der Waals surface area contributed by atoms with Gasteiger partial charge >= 0.3 is 5.97 Å². The smallest absolute Gasteiger partial charge is 0.348 e. The molecule has 142 valence electrons. The van der Waals surface area contributed by atoms with E-state index in [0.717, 1.165) is 38.4 Å². The number of hydrogen-bond donors (Lipinski definition) is 0. The molecule has 0 N–H and O–H groups in total. The van der Waals surface area contributed by atoms with Crippen LogP contribution >= 0.6 is 11.3 Å². The zero-order valence-electron chi connectivity index (χ0n) is 15.3. The number of ether oxygens (including phenoxy) is 2. The summed E-state index contributed by atoms with van der Waals surface area (Å²) in [5.41, 5.74) is 2.58. The topological polar surface area (TPSA) is 59.1 Å². The van der Waals surface area contributed by atoms with Crippen LogP contribution in [0.5, 0.6) is 5.75 Å². The average molecular weight is 386 g/mol. The molecule has 1 fully saturated rings. The molecule has 1 aromatic heterocycles. The Hall–Kier alpha value is -2.38. The zero-order valence-corrected chi connectivity index (χ0v) is 16.1. The first kappa shape index (κ1) is 18.0. The van der Waals surface area contributed by atoms with Crippen molar-refractivity contribution < 1.29 is 19.1 Å². The summed E-state index contributed by atoms with van der Waals surface area (Å²) in [5.74, 6) is 0.601. The standard InChI is InChI=1S/C20H22N2O4S/c1-25-20(24)18-5-4-17(27-18)19(23)22-9-7-21(8-10-22)13-14-2-3-16-15(12-14)6-11-26-16/h2-5,12H,6-11,13H2,1H3. The van der Waals surface area contributed by atoms with Gasteiger partial charge in [0.15, 0.2) is 0 Å². The SMILES string of the molecule is COC(=O)c1ccc(C(=O)N2CCN(Cc3ccc4c(c3)CCO4)CC2)s1. The predicted molar refractivity (Wildman–Crippen MR) is 102 cm³/mol. The van der Waals surface area contributed by atoms with Gasteiger partial charge in [-0.2, -0.15) is 0 Å². The van der Waals surface area contributed by atoms with Crippen molar-refractivity contribution in [2.75, 3.05) is 39.9 Å². The summed E-state index contributed by atoms with van der Waals surface area (Å²) in [5, 5.41) is 0. The average Bonchev–Trinajstić information content (AvgIpc) is 3.36. The van der Waals surface area contributed by atoms with Gasteiger partial charge in [0.2, 0.25) is 0 Å². The first-order chi connectivity index (χ1) is 13.1. The fourth-order valence-electron chi connectivity index (χ4n) is 3.52. The Morgan fingerprint density at radius 3 is 2.67 bits per heavy atom. The summed E-state index contributed by atoms with van der Waals surface area (Å²) in [6.07, 6.45) is 0.986. The van der Waals surface area contributed by atoms with Crippen LogP contribution in [0.15, 0.2) is 30.3 Å². The van der Waals surface area contributed by atoms with Crippen LogP contribution < -0.4 is 4.74 Å². The fraction of sp³-hybridized carbons (Fsp3) is 0.400.